The molecule has 5 heteroatoms. The lowest BCUT2D eigenvalue weighted by Crippen LogP contribution is -2.51. The van der Waals surface area contributed by atoms with Crippen molar-refractivity contribution < 1.29 is 19.4 Å². The summed E-state index contributed by atoms with van der Waals surface area (Å²) in [6, 6.07) is 4.62. The van der Waals surface area contributed by atoms with Crippen LogP contribution in [0.25, 0.3) is 0 Å². The van der Waals surface area contributed by atoms with Crippen molar-refractivity contribution in [1.29, 1.82) is 0 Å². The number of aliphatic hydroxyl groups excluding tert-OH is 1. The van der Waals surface area contributed by atoms with Gasteiger partial charge in [0.1, 0.15) is 5.75 Å². The van der Waals surface area contributed by atoms with Gasteiger partial charge in [0.05, 0.1) is 18.3 Å². The number of ether oxygens (including phenoxy) is 1. The van der Waals surface area contributed by atoms with Gasteiger partial charge in [-0.25, -0.2) is 0 Å². The summed E-state index contributed by atoms with van der Waals surface area (Å²) in [7, 11) is 0. The van der Waals surface area contributed by atoms with E-state index >= 15 is 0 Å². The molecule has 0 saturated heterocycles. The van der Waals surface area contributed by atoms with E-state index < -0.39 is 12.1 Å². The van der Waals surface area contributed by atoms with Crippen molar-refractivity contribution in [2.45, 2.75) is 45.9 Å². The Balaban J connectivity index is 2.53. The first-order valence-electron chi connectivity index (χ1n) is 6.73. The second kappa shape index (κ2) is 5.63. The Hall–Kier alpha value is -1.88. The van der Waals surface area contributed by atoms with Gasteiger partial charge in [-0.05, 0) is 38.0 Å². The maximum atomic E-state index is 12.5. The van der Waals surface area contributed by atoms with Gasteiger partial charge >= 0.3 is 0 Å². The zero-order valence-corrected chi connectivity index (χ0v) is 11.9. The molecule has 1 aliphatic rings. The summed E-state index contributed by atoms with van der Waals surface area (Å²) in [6.45, 7) is 4.91. The molecule has 1 N–H and O–H groups in total. The highest BCUT2D eigenvalue weighted by Crippen LogP contribution is 2.37. The molecule has 0 spiro atoms. The van der Waals surface area contributed by atoms with Crippen LogP contribution >= 0.6 is 0 Å². The Morgan fingerprint density at radius 1 is 1.50 bits per heavy atom. The van der Waals surface area contributed by atoms with Crippen LogP contribution in [0, 0.1) is 0 Å². The van der Waals surface area contributed by atoms with Crippen LogP contribution in [-0.2, 0) is 16.2 Å². The van der Waals surface area contributed by atoms with E-state index in [1.165, 1.54) is 11.8 Å². The first-order chi connectivity index (χ1) is 9.49. The van der Waals surface area contributed by atoms with E-state index in [0.717, 1.165) is 0 Å². The summed E-state index contributed by atoms with van der Waals surface area (Å²) >= 11 is 0. The molecular weight excluding hydrogens is 258 g/mol. The van der Waals surface area contributed by atoms with E-state index in [-0.39, 0.29) is 18.3 Å². The number of fused-ring (bicyclic) bond motifs is 1. The van der Waals surface area contributed by atoms with Crippen molar-refractivity contribution in [3.63, 3.8) is 0 Å². The zero-order chi connectivity index (χ0) is 14.9. The van der Waals surface area contributed by atoms with E-state index in [0.29, 0.717) is 23.4 Å². The van der Waals surface area contributed by atoms with Gasteiger partial charge in [-0.2, -0.15) is 0 Å². The monoisotopic (exact) mass is 277 g/mol. The van der Waals surface area contributed by atoms with Gasteiger partial charge in [0.25, 0.3) is 5.91 Å². The molecule has 0 bridgehead atoms. The maximum absolute atomic E-state index is 12.5. The van der Waals surface area contributed by atoms with E-state index in [1.54, 1.807) is 25.1 Å². The molecule has 20 heavy (non-hydrogen) atoms. The molecule has 2 unspecified atom stereocenters. The smallest absolute Gasteiger partial charge is 0.268 e. The standard InChI is InChI=1S/C15H19NO4/c1-4-13-15(19)16(9(2)10(3)18)12-7-11(8-17)5-6-14(12)20-13/h5-7,9,13,17H,4,8H2,1-3H3. The lowest BCUT2D eigenvalue weighted by atomic mass is 10.1. The quantitative estimate of drug-likeness (QED) is 0.909. The second-order valence-corrected chi connectivity index (χ2v) is 4.97. The molecule has 5 nitrogen and oxygen atoms in total. The van der Waals surface area contributed by atoms with Crippen LogP contribution in [0.15, 0.2) is 18.2 Å². The highest BCUT2D eigenvalue weighted by atomic mass is 16.5. The highest BCUT2D eigenvalue weighted by molar-refractivity contribution is 6.05. The lowest BCUT2D eigenvalue weighted by Gasteiger charge is -2.37. The van der Waals surface area contributed by atoms with E-state index in [2.05, 4.69) is 0 Å². The van der Waals surface area contributed by atoms with Crippen LogP contribution in [-0.4, -0.2) is 28.9 Å². The van der Waals surface area contributed by atoms with E-state index in [4.69, 9.17) is 4.74 Å². The number of amides is 1. The average molecular weight is 277 g/mol. The first kappa shape index (κ1) is 14.5. The minimum atomic E-state index is -0.565. The summed E-state index contributed by atoms with van der Waals surface area (Å²) in [5, 5.41) is 9.23. The molecule has 1 amide bonds. The van der Waals surface area contributed by atoms with Crippen molar-refractivity contribution in [2.75, 3.05) is 4.90 Å². The predicted molar refractivity (Wildman–Crippen MR) is 74.7 cm³/mol. The fourth-order valence-electron chi connectivity index (χ4n) is 2.27. The molecule has 0 aromatic heterocycles. The Labute approximate surface area is 118 Å². The number of carbonyl (C=O) groups is 2. The van der Waals surface area contributed by atoms with Gasteiger partial charge in [-0.15, -0.1) is 0 Å². The number of benzene rings is 1. The topological polar surface area (TPSA) is 66.8 Å². The Morgan fingerprint density at radius 3 is 2.75 bits per heavy atom. The van der Waals surface area contributed by atoms with Gasteiger partial charge in [-0.1, -0.05) is 13.0 Å². The van der Waals surface area contributed by atoms with Crippen LogP contribution in [0.1, 0.15) is 32.8 Å². The van der Waals surface area contributed by atoms with Gasteiger partial charge in [-0.3, -0.25) is 14.5 Å². The number of hydrogen-bond acceptors (Lipinski definition) is 4. The van der Waals surface area contributed by atoms with Crippen molar-refractivity contribution in [2.24, 2.45) is 0 Å². The summed E-state index contributed by atoms with van der Waals surface area (Å²) in [6.07, 6.45) is -0.0227. The Morgan fingerprint density at radius 2 is 2.20 bits per heavy atom. The molecule has 1 aromatic carbocycles. The first-order valence-corrected chi connectivity index (χ1v) is 6.73. The summed E-state index contributed by atoms with van der Waals surface area (Å²) < 4.78 is 5.67. The third-order valence-electron chi connectivity index (χ3n) is 3.59. The molecule has 2 atom stereocenters. The van der Waals surface area contributed by atoms with Crippen LogP contribution < -0.4 is 9.64 Å². The molecule has 1 aliphatic heterocycles. The van der Waals surface area contributed by atoms with Gasteiger partial charge in [0, 0.05) is 0 Å². The largest absolute Gasteiger partial charge is 0.478 e. The number of hydrogen-bond donors (Lipinski definition) is 1. The average Bonchev–Trinajstić information content (AvgIpc) is 2.45. The zero-order valence-electron chi connectivity index (χ0n) is 11.9. The minimum Gasteiger partial charge on any atom is -0.478 e. The molecule has 0 saturated carbocycles. The van der Waals surface area contributed by atoms with Crippen molar-refractivity contribution in [3.05, 3.63) is 23.8 Å². The van der Waals surface area contributed by atoms with Gasteiger partial charge < -0.3 is 9.84 Å². The molecular formula is C15H19NO4. The number of carbonyl (C=O) groups excluding carboxylic acids is 2. The minimum absolute atomic E-state index is 0.0875. The van der Waals surface area contributed by atoms with Crippen molar-refractivity contribution >= 4 is 17.4 Å². The van der Waals surface area contributed by atoms with Gasteiger partial charge in [0.2, 0.25) is 0 Å². The van der Waals surface area contributed by atoms with Crippen LogP contribution in [0.2, 0.25) is 0 Å². The molecule has 0 fully saturated rings. The number of nitrogens with zero attached hydrogens (tertiary/aromatic N) is 1. The molecule has 1 aromatic rings. The second-order valence-electron chi connectivity index (χ2n) is 4.97. The van der Waals surface area contributed by atoms with E-state index in [1.807, 2.05) is 6.92 Å². The summed E-state index contributed by atoms with van der Waals surface area (Å²) in [4.78, 5) is 25.6. The molecule has 108 valence electrons. The normalized spacial score (nSPS) is 19.3. The highest BCUT2D eigenvalue weighted by Gasteiger charge is 2.37. The molecule has 1 heterocycles. The Bertz CT molecular complexity index is 541. The molecule has 0 radical (unpaired) electrons. The van der Waals surface area contributed by atoms with Crippen molar-refractivity contribution in [3.8, 4) is 5.75 Å². The number of rotatable bonds is 4. The SMILES string of the molecule is CCC1Oc2ccc(CO)cc2N(C(C)C(C)=O)C1=O. The van der Waals surface area contributed by atoms with Gasteiger partial charge in [0.15, 0.2) is 11.9 Å². The third kappa shape index (κ3) is 2.41. The Kier molecular flexibility index (Phi) is 4.09. The van der Waals surface area contributed by atoms with Crippen LogP contribution in [0.3, 0.4) is 0 Å². The van der Waals surface area contributed by atoms with Crippen LogP contribution in [0.5, 0.6) is 5.75 Å². The fraction of sp³-hybridized carbons (Fsp3) is 0.467. The number of Topliss-reactive ketones (excluding diaryl/α,β-unsaturated/α-hetero) is 1. The summed E-state index contributed by atoms with van der Waals surface area (Å²) in [5.41, 5.74) is 1.23. The fourth-order valence-corrected chi connectivity index (χ4v) is 2.27. The van der Waals surface area contributed by atoms with Crippen molar-refractivity contribution in [1.82, 2.24) is 0 Å². The third-order valence-corrected chi connectivity index (χ3v) is 3.59. The van der Waals surface area contributed by atoms with E-state index in [9.17, 15) is 14.7 Å². The number of aliphatic hydroxyl groups is 1. The predicted octanol–water partition coefficient (Wildman–Crippen LogP) is 1.66. The maximum Gasteiger partial charge on any atom is 0.268 e. The van der Waals surface area contributed by atoms with Crippen LogP contribution in [0.4, 0.5) is 5.69 Å². The lowest BCUT2D eigenvalue weighted by molar-refractivity contribution is -0.129. The number of anilines is 1. The molecule has 0 aliphatic carbocycles. The number of ketones is 1. The molecule has 2 rings (SSSR count). The summed E-state index contributed by atoms with van der Waals surface area (Å²) in [5.74, 6) is 0.273.